The number of H-pyrrole nitrogens is 1. The molecule has 0 atom stereocenters. The van der Waals surface area contributed by atoms with Crippen LogP contribution in [0.25, 0.3) is 0 Å². The average Bonchev–Trinajstić information content (AvgIpc) is 3.17. The van der Waals surface area contributed by atoms with Crippen LogP contribution in [0, 0.1) is 0 Å². The topological polar surface area (TPSA) is 57.8 Å². The van der Waals surface area contributed by atoms with Crippen molar-refractivity contribution in [3.8, 4) is 0 Å². The highest BCUT2D eigenvalue weighted by atomic mass is 16.1. The van der Waals surface area contributed by atoms with E-state index in [1.807, 2.05) is 12.1 Å². The van der Waals surface area contributed by atoms with E-state index in [2.05, 4.69) is 63.8 Å². The van der Waals surface area contributed by atoms with Gasteiger partial charge in [0.2, 0.25) is 5.91 Å². The van der Waals surface area contributed by atoms with Crippen molar-refractivity contribution in [1.29, 1.82) is 0 Å². The molecule has 4 nitrogen and oxygen atoms in total. The highest BCUT2D eigenvalue weighted by Crippen LogP contribution is 2.28. The third-order valence-electron chi connectivity index (χ3n) is 4.34. The molecule has 25 heavy (non-hydrogen) atoms. The number of nitrogens with one attached hydrogen (secondary N) is 2. The molecule has 0 radical (unpaired) electrons. The first-order valence-corrected chi connectivity index (χ1v) is 8.67. The molecule has 0 saturated heterocycles. The third kappa shape index (κ3) is 5.05. The zero-order valence-electron chi connectivity index (χ0n) is 14.2. The number of rotatable bonds is 8. The summed E-state index contributed by atoms with van der Waals surface area (Å²) in [5.41, 5.74) is 3.53. The van der Waals surface area contributed by atoms with Crippen molar-refractivity contribution < 1.29 is 4.79 Å². The number of carbonyl (C=O) groups is 1. The maximum atomic E-state index is 12.2. The second kappa shape index (κ2) is 8.83. The third-order valence-corrected chi connectivity index (χ3v) is 4.34. The van der Waals surface area contributed by atoms with Gasteiger partial charge in [0.05, 0.1) is 6.33 Å². The van der Waals surface area contributed by atoms with Crippen LogP contribution in [0.15, 0.2) is 73.2 Å². The second-order valence-corrected chi connectivity index (χ2v) is 6.09. The Morgan fingerprint density at radius 1 is 1.00 bits per heavy atom. The van der Waals surface area contributed by atoms with Crippen LogP contribution in [0.1, 0.15) is 35.6 Å². The zero-order chi connectivity index (χ0) is 17.3. The van der Waals surface area contributed by atoms with Crippen LogP contribution in [0.4, 0.5) is 0 Å². The lowest BCUT2D eigenvalue weighted by molar-refractivity contribution is -0.121. The van der Waals surface area contributed by atoms with Crippen molar-refractivity contribution in [1.82, 2.24) is 15.3 Å². The summed E-state index contributed by atoms with van der Waals surface area (Å²) in [5, 5.41) is 2.99. The molecule has 0 aliphatic heterocycles. The van der Waals surface area contributed by atoms with Crippen LogP contribution in [0.3, 0.4) is 0 Å². The summed E-state index contributed by atoms with van der Waals surface area (Å²) in [6, 6.07) is 20.8. The molecule has 0 aliphatic carbocycles. The molecule has 1 amide bonds. The van der Waals surface area contributed by atoms with Gasteiger partial charge in [0.1, 0.15) is 0 Å². The molecule has 0 saturated carbocycles. The summed E-state index contributed by atoms with van der Waals surface area (Å²) in [7, 11) is 0. The van der Waals surface area contributed by atoms with Crippen LogP contribution in [0.2, 0.25) is 0 Å². The number of aromatic nitrogens is 2. The van der Waals surface area contributed by atoms with Crippen LogP contribution in [-0.2, 0) is 11.2 Å². The van der Waals surface area contributed by atoms with Gasteiger partial charge in [-0.15, -0.1) is 0 Å². The zero-order valence-corrected chi connectivity index (χ0v) is 14.2. The Hall–Kier alpha value is -2.88. The Morgan fingerprint density at radius 3 is 2.20 bits per heavy atom. The molecule has 2 aromatic carbocycles. The minimum atomic E-state index is 0.0939. The highest BCUT2D eigenvalue weighted by Gasteiger charge is 2.15. The van der Waals surface area contributed by atoms with Crippen molar-refractivity contribution in [3.05, 3.63) is 90.0 Å². The van der Waals surface area contributed by atoms with Gasteiger partial charge in [0.25, 0.3) is 0 Å². The lowest BCUT2D eigenvalue weighted by atomic mass is 9.87. The van der Waals surface area contributed by atoms with Gasteiger partial charge in [-0.2, -0.15) is 0 Å². The van der Waals surface area contributed by atoms with Crippen LogP contribution in [-0.4, -0.2) is 22.4 Å². The summed E-state index contributed by atoms with van der Waals surface area (Å²) < 4.78 is 0. The Morgan fingerprint density at radius 2 is 1.64 bits per heavy atom. The van der Waals surface area contributed by atoms with E-state index in [0.717, 1.165) is 18.5 Å². The first-order valence-electron chi connectivity index (χ1n) is 8.67. The van der Waals surface area contributed by atoms with Gasteiger partial charge in [-0.05, 0) is 17.5 Å². The molecular formula is C21H23N3O. The first kappa shape index (κ1) is 17.0. The monoisotopic (exact) mass is 333 g/mol. The molecule has 1 heterocycles. The lowest BCUT2D eigenvalue weighted by Crippen LogP contribution is -2.26. The number of benzene rings is 2. The second-order valence-electron chi connectivity index (χ2n) is 6.09. The van der Waals surface area contributed by atoms with Crippen LogP contribution in [0.5, 0.6) is 0 Å². The number of amides is 1. The van der Waals surface area contributed by atoms with Gasteiger partial charge in [-0.3, -0.25) is 4.79 Å². The summed E-state index contributed by atoms with van der Waals surface area (Å²) in [5.74, 6) is 0.331. The first-order chi connectivity index (χ1) is 12.3. The van der Waals surface area contributed by atoms with E-state index in [1.165, 1.54) is 11.1 Å². The van der Waals surface area contributed by atoms with Gasteiger partial charge in [-0.1, -0.05) is 60.7 Å². The standard InChI is InChI=1S/C21H23N3O/c25-21(23-14-13-19-15-22-16-24-19)12-11-20(17-7-3-1-4-8-17)18-9-5-2-6-10-18/h1-10,15-16,20H,11-14H2,(H,22,24)(H,23,25). The van der Waals surface area contributed by atoms with E-state index in [1.54, 1.807) is 12.5 Å². The van der Waals surface area contributed by atoms with Crippen molar-refractivity contribution in [2.75, 3.05) is 6.54 Å². The largest absolute Gasteiger partial charge is 0.356 e. The summed E-state index contributed by atoms with van der Waals surface area (Å²) in [4.78, 5) is 19.2. The molecule has 0 fully saturated rings. The molecule has 0 spiro atoms. The maximum absolute atomic E-state index is 12.2. The molecule has 0 unspecified atom stereocenters. The smallest absolute Gasteiger partial charge is 0.220 e. The van der Waals surface area contributed by atoms with E-state index < -0.39 is 0 Å². The van der Waals surface area contributed by atoms with E-state index in [4.69, 9.17) is 0 Å². The predicted octanol–water partition coefficient (Wildman–Crippen LogP) is 3.68. The summed E-state index contributed by atoms with van der Waals surface area (Å²) in [6.07, 6.45) is 5.52. The van der Waals surface area contributed by atoms with Crippen LogP contribution < -0.4 is 5.32 Å². The lowest BCUT2D eigenvalue weighted by Gasteiger charge is -2.18. The van der Waals surface area contributed by atoms with Crippen LogP contribution >= 0.6 is 0 Å². The number of aromatic amines is 1. The van der Waals surface area contributed by atoms with Crippen molar-refractivity contribution in [2.45, 2.75) is 25.2 Å². The minimum Gasteiger partial charge on any atom is -0.356 e. The minimum absolute atomic E-state index is 0.0939. The van der Waals surface area contributed by atoms with Crippen molar-refractivity contribution in [3.63, 3.8) is 0 Å². The Kier molecular flexibility index (Phi) is 5.99. The number of imidazole rings is 1. The molecule has 3 rings (SSSR count). The quantitative estimate of drug-likeness (QED) is 0.661. The molecule has 0 aliphatic rings. The van der Waals surface area contributed by atoms with Gasteiger partial charge >= 0.3 is 0 Å². The Balaban J connectivity index is 1.56. The van der Waals surface area contributed by atoms with E-state index in [-0.39, 0.29) is 11.8 Å². The molecule has 0 bridgehead atoms. The fraction of sp³-hybridized carbons (Fsp3) is 0.238. The van der Waals surface area contributed by atoms with Gasteiger partial charge in [0.15, 0.2) is 0 Å². The van der Waals surface area contributed by atoms with E-state index in [0.29, 0.717) is 13.0 Å². The normalized spacial score (nSPS) is 10.8. The molecule has 2 N–H and O–H groups in total. The fourth-order valence-electron chi connectivity index (χ4n) is 3.02. The molecule has 4 heteroatoms. The molecule has 1 aromatic heterocycles. The number of hydrogen-bond acceptors (Lipinski definition) is 2. The summed E-state index contributed by atoms with van der Waals surface area (Å²) >= 11 is 0. The summed E-state index contributed by atoms with van der Waals surface area (Å²) in [6.45, 7) is 0.627. The van der Waals surface area contributed by atoms with Gasteiger partial charge < -0.3 is 10.3 Å². The van der Waals surface area contributed by atoms with Crippen molar-refractivity contribution in [2.24, 2.45) is 0 Å². The highest BCUT2D eigenvalue weighted by molar-refractivity contribution is 5.76. The van der Waals surface area contributed by atoms with Gasteiger partial charge in [0, 0.05) is 37.2 Å². The van der Waals surface area contributed by atoms with Gasteiger partial charge in [-0.25, -0.2) is 4.98 Å². The van der Waals surface area contributed by atoms with E-state index in [9.17, 15) is 4.79 Å². The number of hydrogen-bond donors (Lipinski definition) is 2. The van der Waals surface area contributed by atoms with Crippen molar-refractivity contribution >= 4 is 5.91 Å². The molecular weight excluding hydrogens is 310 g/mol. The fourth-order valence-corrected chi connectivity index (χ4v) is 3.02. The maximum Gasteiger partial charge on any atom is 0.220 e. The Labute approximate surface area is 148 Å². The predicted molar refractivity (Wildman–Crippen MR) is 99.3 cm³/mol. The Bertz CT molecular complexity index is 715. The average molecular weight is 333 g/mol. The SMILES string of the molecule is O=C(CCC(c1ccccc1)c1ccccc1)NCCc1cnc[nH]1. The van der Waals surface area contributed by atoms with E-state index >= 15 is 0 Å². The molecule has 3 aromatic rings. The number of carbonyl (C=O) groups excluding carboxylic acids is 1. The molecule has 128 valence electrons. The number of nitrogens with zero attached hydrogens (tertiary/aromatic N) is 1.